The second-order valence-corrected chi connectivity index (χ2v) is 19.7. The molecule has 2 fully saturated rings. The van der Waals surface area contributed by atoms with Gasteiger partial charge in [0, 0.05) is 32.9 Å². The fourth-order valence-corrected chi connectivity index (χ4v) is 8.99. The molecular formula is C57H103N3O11. The molecule has 2 aliphatic rings. The molecule has 0 radical (unpaired) electrons. The van der Waals surface area contributed by atoms with Crippen molar-refractivity contribution in [2.24, 2.45) is 0 Å². The van der Waals surface area contributed by atoms with Gasteiger partial charge in [-0.25, -0.2) is 0 Å². The molecule has 5 N–H and O–H groups in total. The molecule has 6 atom stereocenters. The van der Waals surface area contributed by atoms with Crippen LogP contribution in [0.2, 0.25) is 0 Å². The van der Waals surface area contributed by atoms with Gasteiger partial charge in [0.1, 0.15) is 24.4 Å². The molecule has 71 heavy (non-hydrogen) atoms. The predicted octanol–water partition coefficient (Wildman–Crippen LogP) is 9.55. The maximum absolute atomic E-state index is 12.8. The number of likely N-dealkylation sites (N-methyl/N-ethyl adjacent to an activating group) is 1. The Morgan fingerprint density at radius 2 is 1.15 bits per heavy atom. The van der Waals surface area contributed by atoms with E-state index >= 15 is 0 Å². The minimum atomic E-state index is -1.37. The molecule has 0 saturated carbocycles. The Bertz CT molecular complexity index is 1360. The van der Waals surface area contributed by atoms with E-state index in [0.717, 1.165) is 38.5 Å². The van der Waals surface area contributed by atoms with Crippen LogP contribution in [-0.4, -0.2) is 147 Å². The van der Waals surface area contributed by atoms with E-state index in [9.17, 15) is 24.9 Å². The molecule has 0 aromatic carbocycles. The van der Waals surface area contributed by atoms with Gasteiger partial charge in [-0.15, -0.1) is 0 Å². The second kappa shape index (κ2) is 43.9. The van der Waals surface area contributed by atoms with Crippen molar-refractivity contribution in [1.82, 2.24) is 15.5 Å². The summed E-state index contributed by atoms with van der Waals surface area (Å²) in [6, 6.07) is -1.00. The van der Waals surface area contributed by atoms with Gasteiger partial charge in [0.25, 0.3) is 0 Å². The normalized spacial score (nSPS) is 21.5. The van der Waals surface area contributed by atoms with Crippen LogP contribution in [0.5, 0.6) is 0 Å². The average Bonchev–Trinajstić information content (AvgIpc) is 3.75. The van der Waals surface area contributed by atoms with E-state index in [2.05, 4.69) is 73.1 Å². The predicted molar refractivity (Wildman–Crippen MR) is 285 cm³/mol. The number of nitrogens with zero attached hydrogens (tertiary/aromatic N) is 1. The number of amides is 2. The highest BCUT2D eigenvalue weighted by Gasteiger charge is 2.45. The lowest BCUT2D eigenvalue weighted by molar-refractivity contribution is -0.272. The summed E-state index contributed by atoms with van der Waals surface area (Å²) in [4.78, 5) is 26.4. The molecule has 2 heterocycles. The Morgan fingerprint density at radius 3 is 1.68 bits per heavy atom. The molecule has 2 rings (SSSR count). The van der Waals surface area contributed by atoms with Crippen molar-refractivity contribution in [3.05, 3.63) is 48.6 Å². The Balaban J connectivity index is 1.65. The number of ether oxygens (including phenoxy) is 6. The number of hydrogen-bond acceptors (Lipinski definition) is 12. The van der Waals surface area contributed by atoms with Crippen LogP contribution in [0.3, 0.4) is 0 Å². The van der Waals surface area contributed by atoms with Crippen molar-refractivity contribution in [1.29, 1.82) is 0 Å². The number of unbranched alkanes of at least 4 members (excludes halogenated alkanes) is 18. The Hall–Kier alpha value is -2.50. The molecule has 2 aliphatic heterocycles. The van der Waals surface area contributed by atoms with E-state index in [0.29, 0.717) is 32.9 Å². The number of nitrogens with one attached hydrogen (secondary N) is 2. The number of carbonyl (C=O) groups excluding carboxylic acids is 2. The van der Waals surface area contributed by atoms with Crippen LogP contribution in [0.25, 0.3) is 0 Å². The first-order valence-electron chi connectivity index (χ1n) is 28.2. The van der Waals surface area contributed by atoms with E-state index in [1.807, 2.05) is 11.9 Å². The molecular weight excluding hydrogens is 903 g/mol. The lowest BCUT2D eigenvalue weighted by Crippen LogP contribution is -2.64. The molecule has 412 valence electrons. The standard InChI is InChI=1S/C57H103N3O11/c1-5-7-9-11-13-15-17-19-21-23-25-27-29-31-33-35-37-57(38-36-34-32-30-28-26-24-22-20-18-16-14-12-10-8-6-2)69-48-50(71-57)45-60(4)46-52(63)58-39-40-66-41-42-67-43-44-68-56-53(59-49(3)62)55(65)54(64)51(47-61)70-56/h13-16,19-22,50-51,53-56,61,64-65H,5-12,17-18,23-48H2,1-4H3,(H,58,63)(H,59,62)/b15-13-,16-14-,21-19-,22-20-/t50-,51+,53?,54-,55?,56+/m0/s1. The van der Waals surface area contributed by atoms with Gasteiger partial charge in [0.2, 0.25) is 11.8 Å². The fourth-order valence-electron chi connectivity index (χ4n) is 8.99. The molecule has 0 aliphatic carbocycles. The number of aliphatic hydroxyl groups excluding tert-OH is 3. The van der Waals surface area contributed by atoms with Crippen LogP contribution in [-0.2, 0) is 38.0 Å². The van der Waals surface area contributed by atoms with Crippen LogP contribution in [0.15, 0.2) is 48.6 Å². The first-order chi connectivity index (χ1) is 34.6. The van der Waals surface area contributed by atoms with Crippen LogP contribution < -0.4 is 10.6 Å². The monoisotopic (exact) mass is 1010 g/mol. The zero-order valence-corrected chi connectivity index (χ0v) is 45.1. The van der Waals surface area contributed by atoms with E-state index in [4.69, 9.17) is 28.4 Å². The highest BCUT2D eigenvalue weighted by Crippen LogP contribution is 2.35. The summed E-state index contributed by atoms with van der Waals surface area (Å²) >= 11 is 0. The van der Waals surface area contributed by atoms with Gasteiger partial charge >= 0.3 is 0 Å². The zero-order valence-electron chi connectivity index (χ0n) is 45.1. The minimum absolute atomic E-state index is 0.0812. The Labute approximate surface area is 431 Å². The molecule has 2 amide bonds. The van der Waals surface area contributed by atoms with Crippen molar-refractivity contribution in [3.8, 4) is 0 Å². The smallest absolute Gasteiger partial charge is 0.234 e. The van der Waals surface area contributed by atoms with Gasteiger partial charge in [-0.3, -0.25) is 14.5 Å². The number of allylic oxidation sites excluding steroid dienone is 8. The molecule has 14 heteroatoms. The molecule has 0 aromatic heterocycles. The summed E-state index contributed by atoms with van der Waals surface area (Å²) in [5.41, 5.74) is 0. The largest absolute Gasteiger partial charge is 0.394 e. The Morgan fingerprint density at radius 1 is 0.662 bits per heavy atom. The lowest BCUT2D eigenvalue weighted by Gasteiger charge is -2.42. The number of rotatable bonds is 46. The van der Waals surface area contributed by atoms with Crippen molar-refractivity contribution in [2.45, 2.75) is 230 Å². The quantitative estimate of drug-likeness (QED) is 0.0289. The third-order valence-corrected chi connectivity index (χ3v) is 13.1. The van der Waals surface area contributed by atoms with Gasteiger partial charge in [0.15, 0.2) is 12.1 Å². The molecule has 2 saturated heterocycles. The molecule has 0 bridgehead atoms. The SMILES string of the molecule is CCCCC/C=C\C/C=C\CCCCCCCCC1(CCCCCCCC/C=C\C/C=C\CCCCC)OC[C@H](CN(C)CC(=O)NCCOCCOCCO[C@@H]2O[C@H](CO)[C@H](O)C(O)C2NC(C)=O)O1. The summed E-state index contributed by atoms with van der Waals surface area (Å²) in [7, 11) is 1.95. The van der Waals surface area contributed by atoms with Crippen molar-refractivity contribution in [2.75, 3.05) is 72.9 Å². The van der Waals surface area contributed by atoms with Gasteiger partial charge < -0.3 is 54.4 Å². The maximum Gasteiger partial charge on any atom is 0.234 e. The topological polar surface area (TPSA) is 178 Å². The van der Waals surface area contributed by atoms with Gasteiger partial charge in [-0.2, -0.15) is 0 Å². The second-order valence-electron chi connectivity index (χ2n) is 19.7. The van der Waals surface area contributed by atoms with Gasteiger partial charge in [-0.1, -0.05) is 140 Å². The van der Waals surface area contributed by atoms with Crippen LogP contribution in [0.1, 0.15) is 188 Å². The number of hydrogen-bond donors (Lipinski definition) is 5. The van der Waals surface area contributed by atoms with E-state index in [-0.39, 0.29) is 38.4 Å². The highest BCUT2D eigenvalue weighted by atomic mass is 16.7. The molecule has 14 nitrogen and oxygen atoms in total. The van der Waals surface area contributed by atoms with E-state index in [1.54, 1.807) is 0 Å². The molecule has 2 unspecified atom stereocenters. The summed E-state index contributed by atoms with van der Waals surface area (Å²) in [6.07, 6.45) is 44.8. The van der Waals surface area contributed by atoms with E-state index in [1.165, 1.54) is 135 Å². The minimum Gasteiger partial charge on any atom is -0.394 e. The average molecular weight is 1010 g/mol. The van der Waals surface area contributed by atoms with Gasteiger partial charge in [-0.05, 0) is 84.1 Å². The number of carbonyl (C=O) groups is 2. The van der Waals surface area contributed by atoms with Crippen LogP contribution in [0, 0.1) is 0 Å². The Kier molecular flexibility index (Phi) is 39.9. The summed E-state index contributed by atoms with van der Waals surface area (Å²) < 4.78 is 35.7. The third-order valence-electron chi connectivity index (χ3n) is 13.1. The maximum atomic E-state index is 12.8. The third kappa shape index (κ3) is 33.1. The lowest BCUT2D eigenvalue weighted by atomic mass is 9.97. The van der Waals surface area contributed by atoms with Crippen LogP contribution >= 0.6 is 0 Å². The zero-order chi connectivity index (χ0) is 51.5. The van der Waals surface area contributed by atoms with Crippen molar-refractivity contribution >= 4 is 11.8 Å². The highest BCUT2D eigenvalue weighted by molar-refractivity contribution is 5.77. The first-order valence-corrected chi connectivity index (χ1v) is 28.2. The van der Waals surface area contributed by atoms with Crippen LogP contribution in [0.4, 0.5) is 0 Å². The first kappa shape index (κ1) is 64.6. The molecule has 0 spiro atoms. The van der Waals surface area contributed by atoms with Crippen molar-refractivity contribution < 1.29 is 53.3 Å². The summed E-state index contributed by atoms with van der Waals surface area (Å²) in [5.74, 6) is -1.04. The fraction of sp³-hybridized carbons (Fsp3) is 0.825. The van der Waals surface area contributed by atoms with E-state index < -0.39 is 48.9 Å². The summed E-state index contributed by atoms with van der Waals surface area (Å²) in [6.45, 7) is 8.24. The number of aliphatic hydroxyl groups is 3. The summed E-state index contributed by atoms with van der Waals surface area (Å²) in [5, 5.41) is 35.5. The van der Waals surface area contributed by atoms with Gasteiger partial charge in [0.05, 0.1) is 58.9 Å². The van der Waals surface area contributed by atoms with Crippen molar-refractivity contribution in [3.63, 3.8) is 0 Å². The molecule has 0 aromatic rings.